The van der Waals surface area contributed by atoms with Crippen molar-refractivity contribution in [2.75, 3.05) is 23.7 Å². The van der Waals surface area contributed by atoms with Gasteiger partial charge in [-0.15, -0.1) is 10.2 Å². The molecule has 1 aromatic carbocycles. The van der Waals surface area contributed by atoms with E-state index in [2.05, 4.69) is 20.4 Å². The summed E-state index contributed by atoms with van der Waals surface area (Å²) in [7, 11) is 0. The van der Waals surface area contributed by atoms with Crippen molar-refractivity contribution in [1.82, 2.24) is 35.3 Å². The van der Waals surface area contributed by atoms with Crippen LogP contribution in [0.5, 0.6) is 11.5 Å². The largest absolute Gasteiger partial charge is 0.507 e. The summed E-state index contributed by atoms with van der Waals surface area (Å²) in [6, 6.07) is 9.85. The van der Waals surface area contributed by atoms with Gasteiger partial charge in [-0.05, 0) is 69.8 Å². The van der Waals surface area contributed by atoms with Crippen molar-refractivity contribution < 1.29 is 14.6 Å². The number of anilines is 2. The highest BCUT2D eigenvalue weighted by atomic mass is 16.5. The van der Waals surface area contributed by atoms with Crippen molar-refractivity contribution in [3.8, 4) is 22.8 Å². The van der Waals surface area contributed by atoms with Gasteiger partial charge in [-0.2, -0.15) is 5.10 Å². The molecular weight excluding hydrogens is 546 g/mol. The van der Waals surface area contributed by atoms with E-state index in [0.29, 0.717) is 46.9 Å². The molecule has 224 valence electrons. The predicted molar refractivity (Wildman–Crippen MR) is 161 cm³/mol. The predicted octanol–water partition coefficient (Wildman–Crippen LogP) is 3.62. The Kier molecular flexibility index (Phi) is 6.75. The molecule has 4 N–H and O–H groups in total. The highest BCUT2D eigenvalue weighted by molar-refractivity contribution is 5.87. The second-order valence-electron chi connectivity index (χ2n) is 12.4. The Balaban J connectivity index is 0.933. The van der Waals surface area contributed by atoms with Crippen molar-refractivity contribution in [3.05, 3.63) is 42.7 Å². The maximum Gasteiger partial charge on any atom is 0.226 e. The Morgan fingerprint density at radius 3 is 2.35 bits per heavy atom. The number of rotatable bonds is 7. The van der Waals surface area contributed by atoms with Gasteiger partial charge in [0.25, 0.3) is 0 Å². The number of fused-ring (bicyclic) bond motifs is 3. The first kappa shape index (κ1) is 26.6. The lowest BCUT2D eigenvalue weighted by Gasteiger charge is -2.39. The first-order valence-electron chi connectivity index (χ1n) is 15.5. The van der Waals surface area contributed by atoms with Gasteiger partial charge >= 0.3 is 0 Å². The summed E-state index contributed by atoms with van der Waals surface area (Å²) in [4.78, 5) is 11.9. The van der Waals surface area contributed by atoms with Gasteiger partial charge in [-0.1, -0.05) is 12.1 Å². The molecule has 0 amide bonds. The van der Waals surface area contributed by atoms with Crippen LogP contribution in [0.15, 0.2) is 42.7 Å². The average molecular weight is 584 g/mol. The van der Waals surface area contributed by atoms with Crippen LogP contribution in [0.2, 0.25) is 0 Å². The van der Waals surface area contributed by atoms with Crippen LogP contribution in [0.25, 0.3) is 22.3 Å². The zero-order chi connectivity index (χ0) is 28.9. The fourth-order valence-electron chi connectivity index (χ4n) is 7.36. The molecule has 0 radical (unpaired) electrons. The lowest BCUT2D eigenvalue weighted by atomic mass is 9.91. The number of nitrogens with one attached hydrogen (secondary N) is 1. The Morgan fingerprint density at radius 2 is 1.60 bits per heavy atom. The molecule has 3 saturated heterocycles. The highest BCUT2D eigenvalue weighted by Crippen LogP contribution is 2.44. The van der Waals surface area contributed by atoms with Gasteiger partial charge in [0.2, 0.25) is 5.95 Å². The molecule has 1 saturated carbocycles. The molecule has 3 aliphatic heterocycles. The van der Waals surface area contributed by atoms with Gasteiger partial charge in [0.05, 0.1) is 41.9 Å². The number of benzene rings is 1. The number of ether oxygens (including phenoxy) is 2. The van der Waals surface area contributed by atoms with E-state index in [0.717, 1.165) is 81.7 Å². The highest BCUT2D eigenvalue weighted by Gasteiger charge is 2.43. The normalized spacial score (nSPS) is 27.3. The summed E-state index contributed by atoms with van der Waals surface area (Å²) >= 11 is 0. The molecule has 12 nitrogen and oxygen atoms in total. The molecule has 4 aliphatic rings. The van der Waals surface area contributed by atoms with E-state index in [9.17, 15) is 5.11 Å². The van der Waals surface area contributed by atoms with E-state index in [-0.39, 0.29) is 17.9 Å². The number of aromatic hydroxyl groups is 1. The summed E-state index contributed by atoms with van der Waals surface area (Å²) in [5.41, 5.74) is 8.93. The monoisotopic (exact) mass is 583 g/mol. The number of nitrogens with two attached hydrogens (primary N) is 1. The van der Waals surface area contributed by atoms with Crippen molar-refractivity contribution in [1.29, 1.82) is 0 Å². The van der Waals surface area contributed by atoms with E-state index in [1.165, 1.54) is 0 Å². The van der Waals surface area contributed by atoms with E-state index < -0.39 is 0 Å². The van der Waals surface area contributed by atoms with Crippen LogP contribution in [0.4, 0.5) is 11.8 Å². The molecule has 4 aromatic rings. The van der Waals surface area contributed by atoms with E-state index >= 15 is 0 Å². The zero-order valence-electron chi connectivity index (χ0n) is 24.0. The minimum absolute atomic E-state index is 0.163. The number of phenols is 1. The lowest BCUT2D eigenvalue weighted by molar-refractivity contribution is -0.103. The minimum atomic E-state index is 0.163. The first-order valence-corrected chi connectivity index (χ1v) is 15.5. The van der Waals surface area contributed by atoms with Crippen LogP contribution in [-0.4, -0.2) is 78.5 Å². The molecule has 6 heterocycles. The first-order chi connectivity index (χ1) is 21.1. The molecule has 2 unspecified atom stereocenters. The molecule has 2 atom stereocenters. The summed E-state index contributed by atoms with van der Waals surface area (Å²) < 4.78 is 14.4. The Hall–Kier alpha value is -4.03. The number of nitrogen functional groups attached to an aromatic ring is 1. The van der Waals surface area contributed by atoms with Gasteiger partial charge in [-0.25, -0.2) is 9.97 Å². The van der Waals surface area contributed by atoms with Crippen LogP contribution < -0.4 is 20.7 Å². The van der Waals surface area contributed by atoms with Gasteiger partial charge in [-0.3, -0.25) is 4.68 Å². The Morgan fingerprint density at radius 1 is 0.860 bits per heavy atom. The zero-order valence-corrected chi connectivity index (χ0v) is 24.0. The van der Waals surface area contributed by atoms with Crippen LogP contribution in [0.1, 0.15) is 57.4 Å². The number of piperidine rings is 2. The second kappa shape index (κ2) is 10.9. The standard InChI is InChI=1S/C31H37N9O3/c32-30-29-27(15-26(36-37-29)25-3-1-2-4-28(25)41)40(38-30)20-11-18-5-6-19(12-20)39(18)31-34-16-24(17-35-31)43-23-13-22(14-23)42-21-7-9-33-10-8-21/h1-4,15-23,33,41H,5-14H2,(H2,32,38). The van der Waals surface area contributed by atoms with Crippen LogP contribution >= 0.6 is 0 Å². The molecule has 8 rings (SSSR count). The number of para-hydroxylation sites is 1. The molecule has 43 heavy (non-hydrogen) atoms. The molecule has 4 fully saturated rings. The SMILES string of the molecule is Nc1nn(C2CC3CCC(C2)N3c2ncc(OC3CC(OC4CCNCC4)C3)cn2)c2cc(-c3ccccc3O)nnc12. The summed E-state index contributed by atoms with van der Waals surface area (Å²) in [5, 5.41) is 27.2. The fraction of sp³-hybridized carbons (Fsp3) is 0.516. The van der Waals surface area contributed by atoms with Crippen LogP contribution in [0.3, 0.4) is 0 Å². The van der Waals surface area contributed by atoms with Crippen LogP contribution in [-0.2, 0) is 4.74 Å². The fourth-order valence-corrected chi connectivity index (χ4v) is 7.36. The van der Waals surface area contributed by atoms with Crippen LogP contribution in [0, 0.1) is 0 Å². The van der Waals surface area contributed by atoms with E-state index in [4.69, 9.17) is 30.3 Å². The summed E-state index contributed by atoms with van der Waals surface area (Å²) in [6.45, 7) is 2.10. The molecule has 1 aliphatic carbocycles. The molecule has 2 bridgehead atoms. The van der Waals surface area contributed by atoms with Crippen molar-refractivity contribution in [3.63, 3.8) is 0 Å². The quantitative estimate of drug-likeness (QED) is 0.293. The number of phenolic OH excluding ortho intramolecular Hbond substituents is 1. The maximum absolute atomic E-state index is 10.4. The number of aromatic nitrogens is 6. The van der Waals surface area contributed by atoms with Gasteiger partial charge in [0, 0.05) is 30.5 Å². The van der Waals surface area contributed by atoms with Crippen molar-refractivity contribution >= 4 is 22.8 Å². The van der Waals surface area contributed by atoms with Crippen molar-refractivity contribution in [2.24, 2.45) is 0 Å². The Labute approximate surface area is 249 Å². The molecule has 12 heteroatoms. The van der Waals surface area contributed by atoms with E-state index in [1.807, 2.05) is 35.3 Å². The molecule has 3 aromatic heterocycles. The van der Waals surface area contributed by atoms with Crippen molar-refractivity contribution in [2.45, 2.75) is 87.8 Å². The third-order valence-corrected chi connectivity index (χ3v) is 9.58. The number of hydrogen-bond donors (Lipinski definition) is 3. The lowest BCUT2D eigenvalue weighted by Crippen LogP contribution is -2.44. The van der Waals surface area contributed by atoms with Gasteiger partial charge in [0.15, 0.2) is 17.1 Å². The third kappa shape index (κ3) is 5.02. The Bertz CT molecular complexity index is 1590. The topological polar surface area (TPSA) is 149 Å². The van der Waals surface area contributed by atoms with Gasteiger partial charge < -0.3 is 30.5 Å². The second-order valence-corrected chi connectivity index (χ2v) is 12.4. The minimum Gasteiger partial charge on any atom is -0.507 e. The summed E-state index contributed by atoms with van der Waals surface area (Å²) in [6.07, 6.45) is 12.5. The van der Waals surface area contributed by atoms with E-state index in [1.54, 1.807) is 12.1 Å². The summed E-state index contributed by atoms with van der Waals surface area (Å²) in [5.74, 6) is 2.01. The number of nitrogens with zero attached hydrogens (tertiary/aromatic N) is 7. The maximum atomic E-state index is 10.4. The van der Waals surface area contributed by atoms with Gasteiger partial charge in [0.1, 0.15) is 11.9 Å². The molecular formula is C31H37N9O3. The average Bonchev–Trinajstić information content (AvgIpc) is 3.48. The smallest absolute Gasteiger partial charge is 0.226 e. The third-order valence-electron chi connectivity index (χ3n) is 9.58. The molecule has 0 spiro atoms. The number of hydrogen-bond acceptors (Lipinski definition) is 11.